The van der Waals surface area contributed by atoms with Crippen LogP contribution in [-0.4, -0.2) is 7.11 Å². The first-order valence-corrected chi connectivity index (χ1v) is 11.3. The third-order valence-electron chi connectivity index (χ3n) is 4.96. The van der Waals surface area contributed by atoms with Crippen LogP contribution in [0.3, 0.4) is 0 Å². The molecule has 0 fully saturated rings. The summed E-state index contributed by atoms with van der Waals surface area (Å²) >= 11 is 0. The Balaban J connectivity index is 0.000000807. The molecule has 0 aromatic heterocycles. The highest BCUT2D eigenvalue weighted by molar-refractivity contribution is 5.60. The second kappa shape index (κ2) is 12.0. The largest absolute Gasteiger partial charge is 0.504 e. The molecule has 166 valence electrons. The number of fused-ring (bicyclic) bond motifs is 4. The maximum absolute atomic E-state index is 6.41. The fraction of sp³-hybridized carbons (Fsp3) is 0.357. The Hall–Kier alpha value is -2.94. The predicted octanol–water partition coefficient (Wildman–Crippen LogP) is 7.62. The Bertz CT molecular complexity index is 939. The summed E-state index contributed by atoms with van der Waals surface area (Å²) in [4.78, 5) is 0. The van der Waals surface area contributed by atoms with Crippen molar-refractivity contribution >= 4 is 0 Å². The third-order valence-corrected chi connectivity index (χ3v) is 4.96. The molecular formula is C28H36O3. The van der Waals surface area contributed by atoms with Crippen LogP contribution >= 0.6 is 0 Å². The molecule has 1 unspecified atom stereocenters. The Labute approximate surface area is 188 Å². The van der Waals surface area contributed by atoms with Crippen LogP contribution in [0.15, 0.2) is 83.6 Å². The van der Waals surface area contributed by atoms with E-state index in [-0.39, 0.29) is 0 Å². The molecule has 0 spiro atoms. The Morgan fingerprint density at radius 1 is 1.03 bits per heavy atom. The van der Waals surface area contributed by atoms with Gasteiger partial charge < -0.3 is 14.2 Å². The average Bonchev–Trinajstić information content (AvgIpc) is 2.99. The summed E-state index contributed by atoms with van der Waals surface area (Å²) in [5.74, 6) is 3.97. The van der Waals surface area contributed by atoms with E-state index in [1.165, 1.54) is 11.1 Å². The van der Waals surface area contributed by atoms with E-state index in [9.17, 15) is 0 Å². The number of hydrogen-bond donors (Lipinski definition) is 0. The first-order valence-electron chi connectivity index (χ1n) is 11.3. The van der Waals surface area contributed by atoms with Crippen molar-refractivity contribution in [3.8, 4) is 11.5 Å². The molecule has 1 aliphatic carbocycles. The monoisotopic (exact) mass is 420 g/mol. The van der Waals surface area contributed by atoms with Gasteiger partial charge in [-0.3, -0.25) is 0 Å². The second-order valence-corrected chi connectivity index (χ2v) is 6.98. The lowest BCUT2D eigenvalue weighted by Crippen LogP contribution is -2.16. The van der Waals surface area contributed by atoms with E-state index in [1.807, 2.05) is 52.8 Å². The summed E-state index contributed by atoms with van der Waals surface area (Å²) in [6.45, 7) is 12.2. The lowest BCUT2D eigenvalue weighted by molar-refractivity contribution is 0.336. The lowest BCUT2D eigenvalue weighted by atomic mass is 9.92. The van der Waals surface area contributed by atoms with E-state index in [1.54, 1.807) is 13.4 Å². The van der Waals surface area contributed by atoms with Crippen LogP contribution in [0.5, 0.6) is 11.5 Å². The molecule has 0 N–H and O–H groups in total. The number of ether oxygens (including phenoxy) is 3. The van der Waals surface area contributed by atoms with Gasteiger partial charge in [-0.25, -0.2) is 0 Å². The molecule has 0 saturated carbocycles. The van der Waals surface area contributed by atoms with Crippen molar-refractivity contribution < 1.29 is 14.2 Å². The van der Waals surface area contributed by atoms with Crippen molar-refractivity contribution in [3.63, 3.8) is 0 Å². The van der Waals surface area contributed by atoms with Crippen molar-refractivity contribution in [2.45, 2.75) is 54.4 Å². The maximum Gasteiger partial charge on any atom is 0.138 e. The highest BCUT2D eigenvalue weighted by atomic mass is 16.5. The standard InChI is InChI=1S/C24H24O3.2C2H6/c1-4-6-21-18(11-12-25-3)15-20-22(26-21)10-9-19-14-17-8-5-7-16(2)13-23(17)27-24(19)20;2*1-2/h4-13,16H,14-15H2,1-3H3;2*1-2H3/b6-4-,12-11-;;. The molecule has 0 radical (unpaired) electrons. The minimum atomic E-state index is 0.354. The average molecular weight is 421 g/mol. The van der Waals surface area contributed by atoms with Crippen LogP contribution in [-0.2, 0) is 17.6 Å². The van der Waals surface area contributed by atoms with Crippen molar-refractivity contribution in [1.82, 2.24) is 0 Å². The SMILES string of the molecule is C/C=C\C1=C(/C=C\OC)Cc2c(ccc3c2OC2=CC(C)C=CC=C2C3)O1.CC.CC. The van der Waals surface area contributed by atoms with Crippen molar-refractivity contribution in [1.29, 1.82) is 0 Å². The van der Waals surface area contributed by atoms with E-state index in [4.69, 9.17) is 14.2 Å². The molecule has 1 aromatic rings. The van der Waals surface area contributed by atoms with Gasteiger partial charge in [0.25, 0.3) is 0 Å². The van der Waals surface area contributed by atoms with Gasteiger partial charge in [0.05, 0.1) is 13.4 Å². The Kier molecular flexibility index (Phi) is 9.45. The summed E-state index contributed by atoms with van der Waals surface area (Å²) in [5.41, 5.74) is 4.60. The van der Waals surface area contributed by atoms with Gasteiger partial charge in [0.15, 0.2) is 0 Å². The molecule has 0 amide bonds. The summed E-state index contributed by atoms with van der Waals surface area (Å²) in [6, 6.07) is 4.18. The van der Waals surface area contributed by atoms with E-state index in [2.05, 4.69) is 43.4 Å². The summed E-state index contributed by atoms with van der Waals surface area (Å²) in [5, 5.41) is 0. The first kappa shape index (κ1) is 24.3. The highest BCUT2D eigenvalue weighted by Crippen LogP contribution is 2.44. The summed E-state index contributed by atoms with van der Waals surface area (Å²) in [7, 11) is 1.65. The van der Waals surface area contributed by atoms with Crippen molar-refractivity contribution in [3.05, 3.63) is 94.7 Å². The summed E-state index contributed by atoms with van der Waals surface area (Å²) in [6.07, 6.45) is 17.9. The van der Waals surface area contributed by atoms with Crippen molar-refractivity contribution in [2.24, 2.45) is 5.92 Å². The van der Waals surface area contributed by atoms with Crippen LogP contribution in [0.1, 0.15) is 52.7 Å². The molecule has 0 bridgehead atoms. The molecule has 2 heterocycles. The smallest absolute Gasteiger partial charge is 0.138 e. The fourth-order valence-corrected chi connectivity index (χ4v) is 3.62. The number of methoxy groups -OCH3 is 1. The summed E-state index contributed by atoms with van der Waals surface area (Å²) < 4.78 is 17.7. The molecule has 31 heavy (non-hydrogen) atoms. The molecule has 3 aliphatic rings. The van der Waals surface area contributed by atoms with Crippen LogP contribution in [0.4, 0.5) is 0 Å². The van der Waals surface area contributed by atoms with E-state index < -0.39 is 0 Å². The van der Waals surface area contributed by atoms with Gasteiger partial charge in [0.1, 0.15) is 23.0 Å². The topological polar surface area (TPSA) is 27.7 Å². The van der Waals surface area contributed by atoms with Gasteiger partial charge >= 0.3 is 0 Å². The van der Waals surface area contributed by atoms with Gasteiger partial charge in [0, 0.05) is 24.0 Å². The van der Waals surface area contributed by atoms with Gasteiger partial charge in [-0.05, 0) is 48.3 Å². The minimum absolute atomic E-state index is 0.354. The molecule has 1 atom stereocenters. The molecule has 3 nitrogen and oxygen atoms in total. The van der Waals surface area contributed by atoms with E-state index in [0.717, 1.165) is 47.0 Å². The highest BCUT2D eigenvalue weighted by Gasteiger charge is 2.28. The minimum Gasteiger partial charge on any atom is -0.504 e. The zero-order chi connectivity index (χ0) is 22.8. The Morgan fingerprint density at radius 2 is 1.81 bits per heavy atom. The zero-order valence-electron chi connectivity index (χ0n) is 20.0. The second-order valence-electron chi connectivity index (χ2n) is 6.98. The van der Waals surface area contributed by atoms with Gasteiger partial charge in [0.2, 0.25) is 0 Å². The number of rotatable bonds is 3. The zero-order valence-corrected chi connectivity index (χ0v) is 20.0. The van der Waals surface area contributed by atoms with Crippen LogP contribution in [0.25, 0.3) is 0 Å². The van der Waals surface area contributed by atoms with Crippen LogP contribution in [0, 0.1) is 5.92 Å². The Morgan fingerprint density at radius 3 is 2.52 bits per heavy atom. The predicted molar refractivity (Wildman–Crippen MR) is 130 cm³/mol. The van der Waals surface area contributed by atoms with Crippen molar-refractivity contribution in [2.75, 3.05) is 7.11 Å². The van der Waals surface area contributed by atoms with Crippen LogP contribution in [0.2, 0.25) is 0 Å². The normalized spacial score (nSPS) is 18.6. The molecular weight excluding hydrogens is 384 g/mol. The molecule has 2 aliphatic heterocycles. The number of allylic oxidation sites excluding steroid dienone is 9. The van der Waals surface area contributed by atoms with Gasteiger partial charge in [-0.15, -0.1) is 0 Å². The molecule has 0 saturated heterocycles. The molecule has 4 rings (SSSR count). The number of benzene rings is 1. The fourth-order valence-electron chi connectivity index (χ4n) is 3.62. The van der Waals surface area contributed by atoms with Gasteiger partial charge in [-0.2, -0.15) is 0 Å². The van der Waals surface area contributed by atoms with Crippen LogP contribution < -0.4 is 9.47 Å². The maximum atomic E-state index is 6.41. The lowest BCUT2D eigenvalue weighted by Gasteiger charge is -2.29. The first-order chi connectivity index (χ1) is 15.2. The van der Waals surface area contributed by atoms with E-state index in [0.29, 0.717) is 5.92 Å². The van der Waals surface area contributed by atoms with Gasteiger partial charge in [-0.1, -0.05) is 65.0 Å². The van der Waals surface area contributed by atoms with E-state index >= 15 is 0 Å². The molecule has 1 aromatic carbocycles. The number of hydrogen-bond acceptors (Lipinski definition) is 3. The third kappa shape index (κ3) is 5.61. The molecule has 3 heteroatoms. The quantitative estimate of drug-likeness (QED) is 0.471.